The monoisotopic (exact) mass is 872 g/mol. The third-order valence-electron chi connectivity index (χ3n) is 12.5. The van der Waals surface area contributed by atoms with Crippen LogP contribution in [0, 0.1) is 0 Å². The number of amides is 1. The lowest BCUT2D eigenvalue weighted by atomic mass is 10.0. The minimum absolute atomic E-state index is 0.0728. The molecule has 364 valence electrons. The number of nitrogens with one attached hydrogen (secondary N) is 1. The summed E-state index contributed by atoms with van der Waals surface area (Å²) < 4.78 is 5.94. The zero-order valence-corrected chi connectivity index (χ0v) is 41.5. The summed E-state index contributed by atoms with van der Waals surface area (Å²) in [5.74, 6) is -0.486. The Hall–Kier alpha value is -1.92. The first-order valence-corrected chi connectivity index (χ1v) is 27.2. The average Bonchev–Trinajstić information content (AvgIpc) is 3.26. The highest BCUT2D eigenvalue weighted by Crippen LogP contribution is 2.19. The number of rotatable bonds is 49. The first-order chi connectivity index (χ1) is 30.5. The molecule has 0 aliphatic rings. The van der Waals surface area contributed by atoms with E-state index in [1.54, 1.807) is 0 Å². The third-order valence-corrected chi connectivity index (χ3v) is 12.5. The summed E-state index contributed by atoms with van der Waals surface area (Å²) in [5.41, 5.74) is 0. The number of ether oxygens (including phenoxy) is 1. The Morgan fingerprint density at radius 2 is 0.871 bits per heavy atom. The van der Waals surface area contributed by atoms with Gasteiger partial charge in [-0.1, -0.05) is 250 Å². The molecular formula is C56H105NO5. The Morgan fingerprint density at radius 1 is 0.484 bits per heavy atom. The van der Waals surface area contributed by atoms with Crippen molar-refractivity contribution in [2.75, 3.05) is 6.61 Å². The van der Waals surface area contributed by atoms with Gasteiger partial charge in [0.2, 0.25) is 5.91 Å². The smallest absolute Gasteiger partial charge is 0.306 e. The molecule has 0 aliphatic heterocycles. The van der Waals surface area contributed by atoms with E-state index in [2.05, 4.69) is 62.5 Å². The van der Waals surface area contributed by atoms with Crippen LogP contribution < -0.4 is 5.32 Å². The molecule has 0 spiro atoms. The van der Waals surface area contributed by atoms with Crippen molar-refractivity contribution >= 4 is 11.9 Å². The highest BCUT2D eigenvalue weighted by atomic mass is 16.5. The molecule has 0 bridgehead atoms. The van der Waals surface area contributed by atoms with Crippen molar-refractivity contribution in [2.45, 2.75) is 302 Å². The fourth-order valence-corrected chi connectivity index (χ4v) is 8.39. The van der Waals surface area contributed by atoms with Gasteiger partial charge in [0.15, 0.2) is 0 Å². The van der Waals surface area contributed by atoms with Gasteiger partial charge in [0.1, 0.15) is 6.10 Å². The predicted octanol–water partition coefficient (Wildman–Crippen LogP) is 16.5. The maximum absolute atomic E-state index is 13.2. The van der Waals surface area contributed by atoms with E-state index in [1.165, 1.54) is 154 Å². The molecule has 0 saturated heterocycles. The van der Waals surface area contributed by atoms with Crippen molar-refractivity contribution in [1.82, 2.24) is 5.32 Å². The minimum Gasteiger partial charge on any atom is -0.462 e. The molecule has 3 atom stereocenters. The summed E-state index contributed by atoms with van der Waals surface area (Å²) in [6.45, 7) is 6.39. The van der Waals surface area contributed by atoms with E-state index in [0.29, 0.717) is 19.3 Å². The molecule has 0 radical (unpaired) electrons. The molecule has 0 rings (SSSR count). The molecule has 3 unspecified atom stereocenters. The van der Waals surface area contributed by atoms with Crippen molar-refractivity contribution in [3.63, 3.8) is 0 Å². The van der Waals surface area contributed by atoms with Gasteiger partial charge in [-0.2, -0.15) is 0 Å². The number of aliphatic hydroxyl groups excluding tert-OH is 2. The van der Waals surface area contributed by atoms with Gasteiger partial charge in [-0.05, 0) is 57.8 Å². The normalized spacial score (nSPS) is 13.4. The van der Waals surface area contributed by atoms with Crippen LogP contribution in [0.15, 0.2) is 36.5 Å². The summed E-state index contributed by atoms with van der Waals surface area (Å²) in [6.07, 6.45) is 59.2. The largest absolute Gasteiger partial charge is 0.462 e. The maximum Gasteiger partial charge on any atom is 0.306 e. The van der Waals surface area contributed by atoms with Crippen molar-refractivity contribution in [3.8, 4) is 0 Å². The first kappa shape index (κ1) is 60.1. The molecule has 62 heavy (non-hydrogen) atoms. The number of hydrogen-bond acceptors (Lipinski definition) is 5. The Bertz CT molecular complexity index is 1020. The molecule has 0 heterocycles. The summed E-state index contributed by atoms with van der Waals surface area (Å²) in [6, 6.07) is -0.703. The van der Waals surface area contributed by atoms with Gasteiger partial charge in [0.25, 0.3) is 0 Å². The van der Waals surface area contributed by atoms with Crippen LogP contribution in [0.5, 0.6) is 0 Å². The van der Waals surface area contributed by atoms with Crippen molar-refractivity contribution in [2.24, 2.45) is 0 Å². The van der Waals surface area contributed by atoms with Crippen molar-refractivity contribution < 1.29 is 24.5 Å². The summed E-state index contributed by atoms with van der Waals surface area (Å²) in [7, 11) is 0. The fraction of sp³-hybridized carbons (Fsp3) is 0.857. The Balaban J connectivity index is 4.57. The standard InChI is InChI=1S/C56H105NO5/c1-4-7-10-13-16-19-22-25-27-28-29-30-32-35-38-41-44-47-52(62-56(61)49-46-43-40-37-34-31-26-23-20-17-14-11-8-5-2)50-55(60)57-53(51-58)54(59)48-45-42-39-36-33-24-21-18-15-12-9-6-3/h8,11,17,20,26,31,52-54,58-59H,4-7,9-10,12-16,18-19,21-25,27-30,32-51H2,1-3H3,(H,57,60)/b11-8+,20-17+,31-26+. The van der Waals surface area contributed by atoms with Gasteiger partial charge in [0.05, 0.1) is 25.2 Å². The van der Waals surface area contributed by atoms with Gasteiger partial charge in [0, 0.05) is 6.42 Å². The van der Waals surface area contributed by atoms with Gasteiger partial charge in [-0.3, -0.25) is 9.59 Å². The molecule has 1 amide bonds. The van der Waals surface area contributed by atoms with E-state index in [4.69, 9.17) is 4.74 Å². The molecule has 0 aromatic heterocycles. The maximum atomic E-state index is 13.2. The second kappa shape index (κ2) is 50.1. The molecule has 3 N–H and O–H groups in total. The highest BCUT2D eigenvalue weighted by Gasteiger charge is 2.24. The molecule has 0 aliphatic carbocycles. The zero-order chi connectivity index (χ0) is 45.2. The number of unbranched alkanes of at least 4 members (excludes halogenated alkanes) is 31. The van der Waals surface area contributed by atoms with Crippen LogP contribution in [0.2, 0.25) is 0 Å². The third kappa shape index (κ3) is 44.7. The number of hydrogen-bond donors (Lipinski definition) is 3. The number of allylic oxidation sites excluding steroid dienone is 6. The van der Waals surface area contributed by atoms with E-state index in [-0.39, 0.29) is 24.9 Å². The number of aliphatic hydroxyl groups is 2. The topological polar surface area (TPSA) is 95.9 Å². The lowest BCUT2D eigenvalue weighted by molar-refractivity contribution is -0.151. The number of carbonyl (C=O) groups is 2. The summed E-state index contributed by atoms with van der Waals surface area (Å²) in [4.78, 5) is 26.2. The van der Waals surface area contributed by atoms with Gasteiger partial charge in [-0.15, -0.1) is 0 Å². The van der Waals surface area contributed by atoms with E-state index >= 15 is 0 Å². The van der Waals surface area contributed by atoms with Crippen LogP contribution in [0.3, 0.4) is 0 Å². The van der Waals surface area contributed by atoms with E-state index < -0.39 is 18.2 Å². The van der Waals surface area contributed by atoms with Crippen molar-refractivity contribution in [3.05, 3.63) is 36.5 Å². The lowest BCUT2D eigenvalue weighted by Gasteiger charge is -2.24. The Labute approximate surface area is 385 Å². The van der Waals surface area contributed by atoms with Gasteiger partial charge < -0.3 is 20.3 Å². The minimum atomic E-state index is -0.788. The number of esters is 1. The number of carbonyl (C=O) groups excluding carboxylic acids is 2. The molecule has 0 aromatic rings. The van der Waals surface area contributed by atoms with Crippen LogP contribution >= 0.6 is 0 Å². The van der Waals surface area contributed by atoms with Gasteiger partial charge >= 0.3 is 5.97 Å². The molecule has 0 aromatic carbocycles. The van der Waals surface area contributed by atoms with E-state index in [9.17, 15) is 19.8 Å². The summed E-state index contributed by atoms with van der Waals surface area (Å²) in [5, 5.41) is 23.8. The Kier molecular flexibility index (Phi) is 48.5. The predicted molar refractivity (Wildman–Crippen MR) is 269 cm³/mol. The lowest BCUT2D eigenvalue weighted by Crippen LogP contribution is -2.46. The molecule has 0 saturated carbocycles. The van der Waals surface area contributed by atoms with Crippen LogP contribution in [-0.4, -0.2) is 46.9 Å². The Morgan fingerprint density at radius 3 is 1.32 bits per heavy atom. The highest BCUT2D eigenvalue weighted by molar-refractivity contribution is 5.77. The van der Waals surface area contributed by atoms with Gasteiger partial charge in [-0.25, -0.2) is 0 Å². The molecular weight excluding hydrogens is 767 g/mol. The van der Waals surface area contributed by atoms with E-state index in [1.807, 2.05) is 0 Å². The quantitative estimate of drug-likeness (QED) is 0.0321. The zero-order valence-electron chi connectivity index (χ0n) is 41.5. The van der Waals surface area contributed by atoms with E-state index in [0.717, 1.165) is 83.5 Å². The molecule has 6 nitrogen and oxygen atoms in total. The molecule has 6 heteroatoms. The second-order valence-electron chi connectivity index (χ2n) is 18.6. The second-order valence-corrected chi connectivity index (χ2v) is 18.6. The van der Waals surface area contributed by atoms with Crippen LogP contribution in [0.1, 0.15) is 284 Å². The first-order valence-electron chi connectivity index (χ1n) is 27.2. The van der Waals surface area contributed by atoms with Crippen molar-refractivity contribution in [1.29, 1.82) is 0 Å². The average molecular weight is 872 g/mol. The van der Waals surface area contributed by atoms with Crippen LogP contribution in [-0.2, 0) is 14.3 Å². The van der Waals surface area contributed by atoms with Crippen LogP contribution in [0.25, 0.3) is 0 Å². The fourth-order valence-electron chi connectivity index (χ4n) is 8.39. The molecule has 0 fully saturated rings. The summed E-state index contributed by atoms with van der Waals surface area (Å²) >= 11 is 0. The SMILES string of the molecule is CC/C=C/C/C=C/C/C=C/CCCCCCC(=O)OC(CCCCCCCCCCCCCCCCCCC)CC(=O)NC(CO)C(O)CCCCCCCCCCCCCC. The van der Waals surface area contributed by atoms with Crippen LogP contribution in [0.4, 0.5) is 0 Å².